The third-order valence-corrected chi connectivity index (χ3v) is 3.14. The molecular formula is C12H10BrFN6O. The van der Waals surface area contributed by atoms with E-state index < -0.39 is 0 Å². The fourth-order valence-electron chi connectivity index (χ4n) is 1.77. The third kappa shape index (κ3) is 3.14. The molecule has 0 aliphatic carbocycles. The van der Waals surface area contributed by atoms with Crippen molar-refractivity contribution in [1.29, 1.82) is 0 Å². The largest absolute Gasteiger partial charge is 0.337 e. The number of rotatable bonds is 4. The van der Waals surface area contributed by atoms with E-state index in [1.165, 1.54) is 12.1 Å². The van der Waals surface area contributed by atoms with E-state index in [1.54, 1.807) is 16.9 Å². The Bertz CT molecular complexity index is 750. The summed E-state index contributed by atoms with van der Waals surface area (Å²) in [6.45, 7) is 0.586. The van der Waals surface area contributed by atoms with Crippen LogP contribution in [0.15, 0.2) is 33.4 Å². The van der Waals surface area contributed by atoms with Gasteiger partial charge in [-0.1, -0.05) is 26.3 Å². The van der Waals surface area contributed by atoms with Gasteiger partial charge in [0.2, 0.25) is 11.7 Å². The lowest BCUT2D eigenvalue weighted by molar-refractivity contribution is 0.364. The molecule has 0 radical (unpaired) electrons. The molecule has 1 aromatic carbocycles. The van der Waals surface area contributed by atoms with Crippen molar-refractivity contribution < 1.29 is 8.91 Å². The highest BCUT2D eigenvalue weighted by atomic mass is 79.9. The zero-order valence-electron chi connectivity index (χ0n) is 10.7. The second kappa shape index (κ2) is 5.70. The number of nitrogens with two attached hydrogens (primary N) is 1. The van der Waals surface area contributed by atoms with Gasteiger partial charge in [0.15, 0.2) is 0 Å². The molecule has 2 heterocycles. The van der Waals surface area contributed by atoms with E-state index in [2.05, 4.69) is 36.4 Å². The molecule has 0 atom stereocenters. The van der Waals surface area contributed by atoms with E-state index in [4.69, 9.17) is 10.3 Å². The highest BCUT2D eigenvalue weighted by Crippen LogP contribution is 2.22. The molecule has 21 heavy (non-hydrogen) atoms. The average Bonchev–Trinajstić information content (AvgIpc) is 3.07. The Morgan fingerprint density at radius 3 is 2.90 bits per heavy atom. The van der Waals surface area contributed by atoms with E-state index in [9.17, 15) is 4.39 Å². The average molecular weight is 353 g/mol. The standard InChI is InChI=1S/C12H10BrFN6O/c13-8-1-7(2-9(14)3-8)12-16-11(21-18-12)6-20-5-10(4-15)17-19-20/h1-3,5H,4,6,15H2. The van der Waals surface area contributed by atoms with Crippen molar-refractivity contribution in [2.24, 2.45) is 5.73 Å². The molecule has 108 valence electrons. The molecule has 2 N–H and O–H groups in total. The Labute approximate surface area is 127 Å². The van der Waals surface area contributed by atoms with Crippen molar-refractivity contribution in [3.63, 3.8) is 0 Å². The first-order chi connectivity index (χ1) is 10.1. The van der Waals surface area contributed by atoms with Crippen molar-refractivity contribution >= 4 is 15.9 Å². The normalized spacial score (nSPS) is 11.0. The van der Waals surface area contributed by atoms with Crippen molar-refractivity contribution in [3.05, 3.63) is 46.3 Å². The van der Waals surface area contributed by atoms with Crippen LogP contribution in [-0.4, -0.2) is 25.1 Å². The number of aromatic nitrogens is 5. The second-order valence-electron chi connectivity index (χ2n) is 4.28. The molecule has 0 aliphatic rings. The van der Waals surface area contributed by atoms with Crippen LogP contribution in [0.3, 0.4) is 0 Å². The van der Waals surface area contributed by atoms with Crippen molar-refractivity contribution in [1.82, 2.24) is 25.1 Å². The van der Waals surface area contributed by atoms with Crippen molar-refractivity contribution in [2.75, 3.05) is 0 Å². The van der Waals surface area contributed by atoms with E-state index >= 15 is 0 Å². The quantitative estimate of drug-likeness (QED) is 0.768. The summed E-state index contributed by atoms with van der Waals surface area (Å²) in [6.07, 6.45) is 1.70. The van der Waals surface area contributed by atoms with Crippen LogP contribution in [-0.2, 0) is 13.1 Å². The maximum atomic E-state index is 13.4. The molecule has 0 saturated heterocycles. The first-order valence-corrected chi connectivity index (χ1v) is 6.81. The van der Waals surface area contributed by atoms with Crippen LogP contribution in [0.5, 0.6) is 0 Å². The summed E-state index contributed by atoms with van der Waals surface area (Å²) in [4.78, 5) is 4.21. The van der Waals surface area contributed by atoms with Crippen LogP contribution in [0.1, 0.15) is 11.6 Å². The number of nitrogens with zero attached hydrogens (tertiary/aromatic N) is 5. The lowest BCUT2D eigenvalue weighted by atomic mass is 10.2. The number of halogens is 2. The Morgan fingerprint density at radius 1 is 1.33 bits per heavy atom. The predicted octanol–water partition coefficient (Wildman–Crippen LogP) is 1.74. The number of hydrogen-bond donors (Lipinski definition) is 1. The second-order valence-corrected chi connectivity index (χ2v) is 5.20. The van der Waals surface area contributed by atoms with Crippen molar-refractivity contribution in [3.8, 4) is 11.4 Å². The summed E-state index contributed by atoms with van der Waals surface area (Å²) in [6, 6.07) is 4.40. The highest BCUT2D eigenvalue weighted by Gasteiger charge is 2.11. The van der Waals surface area contributed by atoms with Gasteiger partial charge in [-0.25, -0.2) is 9.07 Å². The smallest absolute Gasteiger partial charge is 0.248 e. The van der Waals surface area contributed by atoms with Gasteiger partial charge in [-0.2, -0.15) is 4.98 Å². The van der Waals surface area contributed by atoms with Crippen molar-refractivity contribution in [2.45, 2.75) is 13.1 Å². The van der Waals surface area contributed by atoms with E-state index in [0.717, 1.165) is 0 Å². The minimum atomic E-state index is -0.380. The van der Waals surface area contributed by atoms with Crippen LogP contribution in [0.4, 0.5) is 4.39 Å². The predicted molar refractivity (Wildman–Crippen MR) is 74.4 cm³/mol. The van der Waals surface area contributed by atoms with Gasteiger partial charge in [0.1, 0.15) is 12.4 Å². The fraction of sp³-hybridized carbons (Fsp3) is 0.167. The van der Waals surface area contributed by atoms with Crippen LogP contribution < -0.4 is 5.73 Å². The molecule has 0 fully saturated rings. The Morgan fingerprint density at radius 2 is 2.19 bits per heavy atom. The molecule has 0 spiro atoms. The summed E-state index contributed by atoms with van der Waals surface area (Å²) in [7, 11) is 0. The third-order valence-electron chi connectivity index (χ3n) is 2.68. The molecule has 0 bridgehead atoms. The van der Waals surface area contributed by atoms with Gasteiger partial charge in [-0.3, -0.25) is 0 Å². The minimum Gasteiger partial charge on any atom is -0.337 e. The number of hydrogen-bond acceptors (Lipinski definition) is 6. The monoisotopic (exact) mass is 352 g/mol. The van der Waals surface area contributed by atoms with Gasteiger partial charge in [0, 0.05) is 16.6 Å². The van der Waals surface area contributed by atoms with Gasteiger partial charge < -0.3 is 10.3 Å². The molecule has 0 amide bonds. The topological polar surface area (TPSA) is 95.7 Å². The fourth-order valence-corrected chi connectivity index (χ4v) is 2.23. The molecule has 3 aromatic rings. The highest BCUT2D eigenvalue weighted by molar-refractivity contribution is 9.10. The lowest BCUT2D eigenvalue weighted by Crippen LogP contribution is -2.00. The van der Waals surface area contributed by atoms with Gasteiger partial charge in [-0.15, -0.1) is 5.10 Å². The molecule has 9 heteroatoms. The zero-order chi connectivity index (χ0) is 14.8. The van der Waals surface area contributed by atoms with E-state index in [0.29, 0.717) is 34.0 Å². The summed E-state index contributed by atoms with van der Waals surface area (Å²) >= 11 is 3.22. The van der Waals surface area contributed by atoms with Gasteiger partial charge in [0.25, 0.3) is 0 Å². The summed E-state index contributed by atoms with van der Waals surface area (Å²) in [5, 5.41) is 11.6. The molecule has 0 unspecified atom stereocenters. The minimum absolute atomic E-state index is 0.274. The van der Waals surface area contributed by atoms with Crippen LogP contribution in [0.2, 0.25) is 0 Å². The first kappa shape index (κ1) is 13.8. The number of benzene rings is 1. The molecule has 3 rings (SSSR count). The summed E-state index contributed by atoms with van der Waals surface area (Å²) in [5.41, 5.74) is 6.65. The van der Waals surface area contributed by atoms with Gasteiger partial charge in [-0.05, 0) is 18.2 Å². The Hall–Kier alpha value is -2.13. The zero-order valence-corrected chi connectivity index (χ0v) is 12.3. The molecule has 0 aliphatic heterocycles. The summed E-state index contributed by atoms with van der Waals surface area (Å²) < 4.78 is 20.6. The van der Waals surface area contributed by atoms with Crippen LogP contribution >= 0.6 is 15.9 Å². The molecule has 2 aromatic heterocycles. The summed E-state index contributed by atoms with van der Waals surface area (Å²) in [5.74, 6) is 0.276. The SMILES string of the molecule is NCc1cn(Cc2nc(-c3cc(F)cc(Br)c3)no2)nn1. The first-order valence-electron chi connectivity index (χ1n) is 6.02. The maximum Gasteiger partial charge on any atom is 0.248 e. The van der Waals surface area contributed by atoms with Crippen LogP contribution in [0, 0.1) is 5.82 Å². The van der Waals surface area contributed by atoms with E-state index in [1.807, 2.05) is 0 Å². The molecular weight excluding hydrogens is 343 g/mol. The van der Waals surface area contributed by atoms with Gasteiger partial charge in [0.05, 0.1) is 11.9 Å². The van der Waals surface area contributed by atoms with Crippen LogP contribution in [0.25, 0.3) is 11.4 Å². The Kier molecular flexibility index (Phi) is 3.76. The molecule has 0 saturated carbocycles. The maximum absolute atomic E-state index is 13.4. The molecule has 7 nitrogen and oxygen atoms in total. The lowest BCUT2D eigenvalue weighted by Gasteiger charge is -1.96. The van der Waals surface area contributed by atoms with E-state index in [-0.39, 0.29) is 12.4 Å². The van der Waals surface area contributed by atoms with Gasteiger partial charge >= 0.3 is 0 Å². The Balaban J connectivity index is 1.82.